The number of rotatable bonds is 4. The van der Waals surface area contributed by atoms with Crippen LogP contribution in [0.5, 0.6) is 0 Å². The lowest BCUT2D eigenvalue weighted by molar-refractivity contribution is 0.112. The SMILES string of the molecule is CCCc1ccc(-c2ccccc2C=O)cc1. The fraction of sp³-hybridized carbons (Fsp3) is 0.188. The van der Waals surface area contributed by atoms with E-state index in [1.54, 1.807) is 0 Å². The molecule has 0 fully saturated rings. The van der Waals surface area contributed by atoms with Gasteiger partial charge in [-0.25, -0.2) is 0 Å². The number of hydrogen-bond donors (Lipinski definition) is 0. The Balaban J connectivity index is 2.36. The van der Waals surface area contributed by atoms with Gasteiger partial charge in [-0.05, 0) is 23.1 Å². The zero-order valence-electron chi connectivity index (χ0n) is 10.0. The van der Waals surface area contributed by atoms with E-state index in [0.717, 1.165) is 35.8 Å². The summed E-state index contributed by atoms with van der Waals surface area (Å²) in [5.41, 5.74) is 4.20. The molecule has 2 rings (SSSR count). The Morgan fingerprint density at radius 1 is 1.00 bits per heavy atom. The summed E-state index contributed by atoms with van der Waals surface area (Å²) in [5, 5.41) is 0. The summed E-state index contributed by atoms with van der Waals surface area (Å²) >= 11 is 0. The van der Waals surface area contributed by atoms with Crippen LogP contribution in [0.4, 0.5) is 0 Å². The van der Waals surface area contributed by atoms with Crippen molar-refractivity contribution < 1.29 is 4.79 Å². The molecule has 0 spiro atoms. The third-order valence-corrected chi connectivity index (χ3v) is 2.89. The Kier molecular flexibility index (Phi) is 3.71. The number of benzene rings is 2. The molecule has 0 aliphatic rings. The van der Waals surface area contributed by atoms with Crippen LogP contribution in [0, 0.1) is 0 Å². The molecule has 0 saturated heterocycles. The fourth-order valence-electron chi connectivity index (χ4n) is 2.00. The summed E-state index contributed by atoms with van der Waals surface area (Å²) in [6.07, 6.45) is 3.18. The molecule has 0 unspecified atom stereocenters. The van der Waals surface area contributed by atoms with E-state index in [1.165, 1.54) is 5.56 Å². The number of aldehydes is 1. The predicted molar refractivity (Wildman–Crippen MR) is 71.3 cm³/mol. The van der Waals surface area contributed by atoms with Crippen LogP contribution in [-0.2, 0) is 6.42 Å². The van der Waals surface area contributed by atoms with E-state index in [4.69, 9.17) is 0 Å². The topological polar surface area (TPSA) is 17.1 Å². The minimum atomic E-state index is 0.746. The Morgan fingerprint density at radius 3 is 2.35 bits per heavy atom. The molecular formula is C16H16O. The standard InChI is InChI=1S/C16H16O/c1-2-5-13-8-10-14(11-9-13)16-7-4-3-6-15(16)12-17/h3-4,6-12H,2,5H2,1H3. The van der Waals surface area contributed by atoms with E-state index in [1.807, 2.05) is 24.3 Å². The molecule has 0 aliphatic heterocycles. The second kappa shape index (κ2) is 5.44. The lowest BCUT2D eigenvalue weighted by atomic mass is 9.98. The van der Waals surface area contributed by atoms with Crippen LogP contribution in [0.3, 0.4) is 0 Å². The first kappa shape index (κ1) is 11.6. The van der Waals surface area contributed by atoms with Crippen molar-refractivity contribution >= 4 is 6.29 Å². The number of carbonyl (C=O) groups is 1. The minimum Gasteiger partial charge on any atom is -0.298 e. The average molecular weight is 224 g/mol. The molecule has 2 aromatic carbocycles. The highest BCUT2D eigenvalue weighted by Gasteiger charge is 2.03. The molecule has 1 heteroatoms. The zero-order chi connectivity index (χ0) is 12.1. The van der Waals surface area contributed by atoms with E-state index in [9.17, 15) is 4.79 Å². The second-order valence-electron chi connectivity index (χ2n) is 4.15. The van der Waals surface area contributed by atoms with Gasteiger partial charge in [0.15, 0.2) is 6.29 Å². The minimum absolute atomic E-state index is 0.746. The number of aryl methyl sites for hydroxylation is 1. The van der Waals surface area contributed by atoms with E-state index >= 15 is 0 Å². The largest absolute Gasteiger partial charge is 0.298 e. The molecule has 0 N–H and O–H groups in total. The highest BCUT2D eigenvalue weighted by Crippen LogP contribution is 2.23. The first-order chi connectivity index (χ1) is 8.35. The van der Waals surface area contributed by atoms with Gasteiger partial charge in [0.2, 0.25) is 0 Å². The molecule has 0 saturated carbocycles. The van der Waals surface area contributed by atoms with Crippen molar-refractivity contribution in [2.75, 3.05) is 0 Å². The van der Waals surface area contributed by atoms with Crippen molar-refractivity contribution in [1.82, 2.24) is 0 Å². The summed E-state index contributed by atoms with van der Waals surface area (Å²) in [4.78, 5) is 11.0. The average Bonchev–Trinajstić information content (AvgIpc) is 2.40. The van der Waals surface area contributed by atoms with E-state index in [0.29, 0.717) is 0 Å². The van der Waals surface area contributed by atoms with Crippen molar-refractivity contribution in [3.63, 3.8) is 0 Å². The highest BCUT2D eigenvalue weighted by molar-refractivity contribution is 5.87. The number of hydrogen-bond acceptors (Lipinski definition) is 1. The van der Waals surface area contributed by atoms with Crippen molar-refractivity contribution in [2.45, 2.75) is 19.8 Å². The maximum atomic E-state index is 11.0. The molecule has 0 bridgehead atoms. The summed E-state index contributed by atoms with van der Waals surface area (Å²) in [6.45, 7) is 2.18. The molecule has 86 valence electrons. The normalized spacial score (nSPS) is 10.2. The van der Waals surface area contributed by atoms with Gasteiger partial charge in [0.1, 0.15) is 0 Å². The van der Waals surface area contributed by atoms with Crippen LogP contribution in [0.1, 0.15) is 29.3 Å². The van der Waals surface area contributed by atoms with Crippen molar-refractivity contribution in [2.24, 2.45) is 0 Å². The Hall–Kier alpha value is -1.89. The van der Waals surface area contributed by atoms with Crippen LogP contribution in [-0.4, -0.2) is 6.29 Å². The maximum absolute atomic E-state index is 11.0. The second-order valence-corrected chi connectivity index (χ2v) is 4.15. The summed E-state index contributed by atoms with van der Waals surface area (Å²) in [6, 6.07) is 16.1. The zero-order valence-corrected chi connectivity index (χ0v) is 10.0. The van der Waals surface area contributed by atoms with Crippen LogP contribution in [0.15, 0.2) is 48.5 Å². The van der Waals surface area contributed by atoms with Gasteiger partial charge in [-0.1, -0.05) is 61.9 Å². The lowest BCUT2D eigenvalue weighted by Gasteiger charge is -2.06. The third-order valence-electron chi connectivity index (χ3n) is 2.89. The first-order valence-electron chi connectivity index (χ1n) is 5.98. The fourth-order valence-corrected chi connectivity index (χ4v) is 2.00. The van der Waals surface area contributed by atoms with Gasteiger partial charge in [-0.2, -0.15) is 0 Å². The molecule has 0 radical (unpaired) electrons. The smallest absolute Gasteiger partial charge is 0.150 e. The van der Waals surface area contributed by atoms with Crippen LogP contribution in [0.2, 0.25) is 0 Å². The van der Waals surface area contributed by atoms with Gasteiger partial charge in [-0.15, -0.1) is 0 Å². The molecule has 0 aliphatic carbocycles. The lowest BCUT2D eigenvalue weighted by Crippen LogP contribution is -1.88. The van der Waals surface area contributed by atoms with Crippen molar-refractivity contribution in [3.8, 4) is 11.1 Å². The highest BCUT2D eigenvalue weighted by atomic mass is 16.1. The van der Waals surface area contributed by atoms with E-state index in [-0.39, 0.29) is 0 Å². The number of carbonyl (C=O) groups excluding carboxylic acids is 1. The Bertz CT molecular complexity index is 497. The Labute approximate surface area is 102 Å². The van der Waals surface area contributed by atoms with E-state index in [2.05, 4.69) is 31.2 Å². The van der Waals surface area contributed by atoms with Crippen LogP contribution in [0.25, 0.3) is 11.1 Å². The van der Waals surface area contributed by atoms with Crippen molar-refractivity contribution in [3.05, 3.63) is 59.7 Å². The molecule has 17 heavy (non-hydrogen) atoms. The summed E-state index contributed by atoms with van der Waals surface area (Å²) in [5.74, 6) is 0. The van der Waals surface area contributed by atoms with Crippen LogP contribution < -0.4 is 0 Å². The van der Waals surface area contributed by atoms with Gasteiger partial charge in [0.05, 0.1) is 0 Å². The first-order valence-corrected chi connectivity index (χ1v) is 5.98. The molecule has 0 amide bonds. The third kappa shape index (κ3) is 2.62. The molecule has 0 atom stereocenters. The molecule has 1 nitrogen and oxygen atoms in total. The van der Waals surface area contributed by atoms with Gasteiger partial charge in [0.25, 0.3) is 0 Å². The van der Waals surface area contributed by atoms with Crippen LogP contribution >= 0.6 is 0 Å². The monoisotopic (exact) mass is 224 g/mol. The molecule has 0 heterocycles. The van der Waals surface area contributed by atoms with Gasteiger partial charge in [0, 0.05) is 5.56 Å². The van der Waals surface area contributed by atoms with Gasteiger partial charge < -0.3 is 0 Å². The van der Waals surface area contributed by atoms with E-state index < -0.39 is 0 Å². The summed E-state index contributed by atoms with van der Waals surface area (Å²) in [7, 11) is 0. The van der Waals surface area contributed by atoms with Gasteiger partial charge in [-0.3, -0.25) is 4.79 Å². The van der Waals surface area contributed by atoms with Gasteiger partial charge >= 0.3 is 0 Å². The molecule has 2 aromatic rings. The van der Waals surface area contributed by atoms with Crippen molar-refractivity contribution in [1.29, 1.82) is 0 Å². The predicted octanol–water partition coefficient (Wildman–Crippen LogP) is 4.12. The molecular weight excluding hydrogens is 208 g/mol. The molecule has 0 aromatic heterocycles. The maximum Gasteiger partial charge on any atom is 0.150 e. The quantitative estimate of drug-likeness (QED) is 0.714. The Morgan fingerprint density at radius 2 is 1.71 bits per heavy atom. The summed E-state index contributed by atoms with van der Waals surface area (Å²) < 4.78 is 0.